The van der Waals surface area contributed by atoms with Crippen molar-refractivity contribution in [2.75, 3.05) is 0 Å². The quantitative estimate of drug-likeness (QED) is 0.740. The highest BCUT2D eigenvalue weighted by molar-refractivity contribution is 9.10. The first-order valence-corrected chi connectivity index (χ1v) is 6.76. The molecule has 0 fully saturated rings. The summed E-state index contributed by atoms with van der Waals surface area (Å²) in [6, 6.07) is 5.82. The maximum Gasteiger partial charge on any atom is 0.146 e. The van der Waals surface area contributed by atoms with E-state index in [0.717, 1.165) is 22.6 Å². The van der Waals surface area contributed by atoms with Crippen LogP contribution in [0.1, 0.15) is 30.9 Å². The molecular weight excluding hydrogens is 287 g/mol. The third kappa shape index (κ3) is 3.60. The first-order valence-electron chi connectivity index (χ1n) is 5.47. The number of alkyl halides is 1. The Labute approximate surface area is 110 Å². The lowest BCUT2D eigenvalue weighted by atomic mass is 10.0. The average molecular weight is 304 g/mol. The van der Waals surface area contributed by atoms with Crippen molar-refractivity contribution in [2.45, 2.75) is 37.9 Å². The van der Waals surface area contributed by atoms with Crippen LogP contribution in [0.2, 0.25) is 5.02 Å². The molecule has 0 heterocycles. The number of Topliss-reactive ketones (excluding diaryl/α,β-unsaturated/α-hetero) is 1. The van der Waals surface area contributed by atoms with Gasteiger partial charge < -0.3 is 0 Å². The average Bonchev–Trinajstić information content (AvgIpc) is 2.23. The van der Waals surface area contributed by atoms with E-state index in [0.29, 0.717) is 12.8 Å². The molecule has 0 saturated carbocycles. The van der Waals surface area contributed by atoms with Crippen LogP contribution in [0, 0.1) is 6.92 Å². The Morgan fingerprint density at radius 1 is 1.50 bits per heavy atom. The van der Waals surface area contributed by atoms with Gasteiger partial charge in [-0.05, 0) is 37.0 Å². The fourth-order valence-electron chi connectivity index (χ4n) is 1.62. The normalized spacial score (nSPS) is 12.5. The summed E-state index contributed by atoms with van der Waals surface area (Å²) in [7, 11) is 0. The van der Waals surface area contributed by atoms with Crippen LogP contribution in [0.25, 0.3) is 0 Å². The van der Waals surface area contributed by atoms with Crippen LogP contribution in [-0.2, 0) is 11.2 Å². The van der Waals surface area contributed by atoms with E-state index >= 15 is 0 Å². The summed E-state index contributed by atoms with van der Waals surface area (Å²) >= 11 is 9.56. The molecule has 0 aliphatic carbocycles. The van der Waals surface area contributed by atoms with Crippen molar-refractivity contribution < 1.29 is 4.79 Å². The number of carbonyl (C=O) groups is 1. The molecule has 1 aromatic carbocycles. The Morgan fingerprint density at radius 3 is 2.75 bits per heavy atom. The number of carbonyl (C=O) groups excluding carboxylic acids is 1. The number of aryl methyl sites for hydroxylation is 1. The van der Waals surface area contributed by atoms with Gasteiger partial charge in [0, 0.05) is 11.4 Å². The molecule has 0 saturated heterocycles. The minimum absolute atomic E-state index is 0.119. The van der Waals surface area contributed by atoms with Crippen molar-refractivity contribution in [3.8, 4) is 0 Å². The van der Waals surface area contributed by atoms with Gasteiger partial charge >= 0.3 is 0 Å². The molecule has 0 radical (unpaired) electrons. The topological polar surface area (TPSA) is 17.1 Å². The second kappa shape index (κ2) is 6.41. The minimum atomic E-state index is -0.119. The van der Waals surface area contributed by atoms with Gasteiger partial charge in [0.1, 0.15) is 5.78 Å². The van der Waals surface area contributed by atoms with Gasteiger partial charge in [-0.1, -0.05) is 46.6 Å². The molecule has 3 heteroatoms. The molecule has 0 spiro atoms. The lowest BCUT2D eigenvalue weighted by molar-refractivity contribution is -0.118. The van der Waals surface area contributed by atoms with Crippen molar-refractivity contribution in [1.29, 1.82) is 0 Å². The van der Waals surface area contributed by atoms with E-state index in [9.17, 15) is 4.79 Å². The number of halogens is 2. The second-order valence-electron chi connectivity index (χ2n) is 3.92. The van der Waals surface area contributed by atoms with Crippen LogP contribution < -0.4 is 0 Å². The van der Waals surface area contributed by atoms with E-state index in [-0.39, 0.29) is 10.6 Å². The number of hydrogen-bond donors (Lipinski definition) is 0. The first-order chi connectivity index (χ1) is 7.56. The number of hydrogen-bond acceptors (Lipinski definition) is 1. The van der Waals surface area contributed by atoms with Gasteiger partial charge in [-0.25, -0.2) is 0 Å². The smallest absolute Gasteiger partial charge is 0.146 e. The molecular formula is C13H16BrClO. The number of benzene rings is 1. The molecule has 0 bridgehead atoms. The molecule has 1 atom stereocenters. The van der Waals surface area contributed by atoms with Crippen LogP contribution in [-0.4, -0.2) is 10.6 Å². The van der Waals surface area contributed by atoms with Crippen LogP contribution in [0.5, 0.6) is 0 Å². The Hall–Kier alpha value is -0.340. The van der Waals surface area contributed by atoms with Crippen LogP contribution in [0.4, 0.5) is 0 Å². The van der Waals surface area contributed by atoms with Crippen molar-refractivity contribution >= 4 is 33.3 Å². The van der Waals surface area contributed by atoms with Crippen molar-refractivity contribution in [3.05, 3.63) is 34.3 Å². The molecule has 0 N–H and O–H groups in total. The van der Waals surface area contributed by atoms with Gasteiger partial charge in [0.25, 0.3) is 0 Å². The van der Waals surface area contributed by atoms with E-state index in [1.54, 1.807) is 0 Å². The van der Waals surface area contributed by atoms with E-state index in [1.807, 2.05) is 32.0 Å². The number of rotatable bonds is 5. The summed E-state index contributed by atoms with van der Waals surface area (Å²) in [6.07, 6.45) is 2.19. The minimum Gasteiger partial charge on any atom is -0.298 e. The van der Waals surface area contributed by atoms with Gasteiger partial charge in [-0.3, -0.25) is 4.79 Å². The monoisotopic (exact) mass is 302 g/mol. The zero-order valence-electron chi connectivity index (χ0n) is 9.59. The third-order valence-corrected chi connectivity index (χ3v) is 3.77. The maximum atomic E-state index is 11.7. The van der Waals surface area contributed by atoms with Gasteiger partial charge in [0.2, 0.25) is 0 Å². The summed E-state index contributed by atoms with van der Waals surface area (Å²) in [5.41, 5.74) is 2.21. The molecule has 1 rings (SSSR count). The predicted molar refractivity (Wildman–Crippen MR) is 72.5 cm³/mol. The SMILES string of the molecule is CCCC(=O)C(Br)Cc1c(C)cccc1Cl. The lowest BCUT2D eigenvalue weighted by Crippen LogP contribution is -2.17. The zero-order chi connectivity index (χ0) is 12.1. The predicted octanol–water partition coefficient (Wildman–Crippen LogP) is 4.32. The van der Waals surface area contributed by atoms with Crippen molar-refractivity contribution in [2.24, 2.45) is 0 Å². The Balaban J connectivity index is 2.76. The van der Waals surface area contributed by atoms with E-state index in [4.69, 9.17) is 11.6 Å². The second-order valence-corrected chi connectivity index (χ2v) is 5.44. The van der Waals surface area contributed by atoms with E-state index in [2.05, 4.69) is 15.9 Å². The highest BCUT2D eigenvalue weighted by Crippen LogP contribution is 2.23. The van der Waals surface area contributed by atoms with Gasteiger partial charge in [-0.15, -0.1) is 0 Å². The fourth-order valence-corrected chi connectivity index (χ4v) is 2.47. The highest BCUT2D eigenvalue weighted by atomic mass is 79.9. The van der Waals surface area contributed by atoms with Crippen LogP contribution in [0.15, 0.2) is 18.2 Å². The molecule has 0 aliphatic heterocycles. The summed E-state index contributed by atoms with van der Waals surface area (Å²) in [5.74, 6) is 0.252. The molecule has 0 aliphatic rings. The summed E-state index contributed by atoms with van der Waals surface area (Å²) in [5, 5.41) is 0.744. The zero-order valence-corrected chi connectivity index (χ0v) is 11.9. The molecule has 16 heavy (non-hydrogen) atoms. The van der Waals surface area contributed by atoms with Gasteiger partial charge in [0.05, 0.1) is 4.83 Å². The molecule has 1 nitrogen and oxygen atoms in total. The largest absolute Gasteiger partial charge is 0.298 e. The summed E-state index contributed by atoms with van der Waals surface area (Å²) < 4.78 is 0. The van der Waals surface area contributed by atoms with E-state index < -0.39 is 0 Å². The maximum absolute atomic E-state index is 11.7. The molecule has 1 unspecified atom stereocenters. The summed E-state index contributed by atoms with van der Waals surface area (Å²) in [6.45, 7) is 4.03. The van der Waals surface area contributed by atoms with E-state index in [1.165, 1.54) is 0 Å². The Kier molecular flexibility index (Phi) is 5.50. The standard InChI is InChI=1S/C13H16BrClO/c1-3-5-13(16)11(14)8-10-9(2)6-4-7-12(10)15/h4,6-7,11H,3,5,8H2,1-2H3. The fraction of sp³-hybridized carbons (Fsp3) is 0.462. The van der Waals surface area contributed by atoms with Crippen LogP contribution in [0.3, 0.4) is 0 Å². The first kappa shape index (κ1) is 13.7. The molecule has 0 amide bonds. The molecule has 88 valence electrons. The highest BCUT2D eigenvalue weighted by Gasteiger charge is 2.16. The lowest BCUT2D eigenvalue weighted by Gasteiger charge is -2.12. The number of ketones is 1. The molecule has 1 aromatic rings. The Morgan fingerprint density at radius 2 is 2.19 bits per heavy atom. The van der Waals surface area contributed by atoms with Crippen molar-refractivity contribution in [1.82, 2.24) is 0 Å². The van der Waals surface area contributed by atoms with Crippen LogP contribution >= 0.6 is 27.5 Å². The summed E-state index contributed by atoms with van der Waals surface area (Å²) in [4.78, 5) is 11.6. The Bertz CT molecular complexity index is 356. The van der Waals surface area contributed by atoms with Gasteiger partial charge in [0.15, 0.2) is 0 Å². The molecule has 0 aromatic heterocycles. The van der Waals surface area contributed by atoms with Crippen molar-refractivity contribution in [3.63, 3.8) is 0 Å². The third-order valence-electron chi connectivity index (χ3n) is 2.58. The van der Waals surface area contributed by atoms with Gasteiger partial charge in [-0.2, -0.15) is 0 Å².